The van der Waals surface area contributed by atoms with Crippen molar-refractivity contribution in [3.05, 3.63) is 40.2 Å². The van der Waals surface area contributed by atoms with Gasteiger partial charge in [-0.25, -0.2) is 4.68 Å². The van der Waals surface area contributed by atoms with Crippen molar-refractivity contribution in [1.82, 2.24) is 15.0 Å². The molecule has 0 saturated heterocycles. The number of hydrogen-bond donors (Lipinski definition) is 0. The summed E-state index contributed by atoms with van der Waals surface area (Å²) in [5.74, 6) is 0.956. The topological polar surface area (TPSA) is 39.9 Å². The molecule has 4 nitrogen and oxygen atoms in total. The van der Waals surface area contributed by atoms with Crippen molar-refractivity contribution >= 4 is 27.5 Å². The Labute approximate surface area is 131 Å². The highest BCUT2D eigenvalue weighted by molar-refractivity contribution is 9.09. The van der Waals surface area contributed by atoms with Gasteiger partial charge in [0.1, 0.15) is 5.75 Å². The van der Waals surface area contributed by atoms with Crippen LogP contribution in [-0.2, 0) is 13.0 Å². The summed E-state index contributed by atoms with van der Waals surface area (Å²) in [5.41, 5.74) is 3.19. The van der Waals surface area contributed by atoms with Gasteiger partial charge in [-0.1, -0.05) is 39.7 Å². The fourth-order valence-electron chi connectivity index (χ4n) is 2.38. The van der Waals surface area contributed by atoms with Gasteiger partial charge < -0.3 is 4.74 Å². The number of fused-ring (bicyclic) bond motifs is 1. The molecule has 1 aliphatic rings. The number of halogens is 2. The lowest BCUT2D eigenvalue weighted by Crippen LogP contribution is -2.02. The van der Waals surface area contributed by atoms with E-state index < -0.39 is 0 Å². The van der Waals surface area contributed by atoms with E-state index in [1.165, 1.54) is 5.56 Å². The molecule has 0 bridgehead atoms. The van der Waals surface area contributed by atoms with Crippen molar-refractivity contribution in [2.45, 2.75) is 31.1 Å². The maximum atomic E-state index is 6.16. The maximum absolute atomic E-state index is 6.16. The van der Waals surface area contributed by atoms with Gasteiger partial charge in [-0.2, -0.15) is 0 Å². The Morgan fingerprint density at radius 3 is 3.15 bits per heavy atom. The van der Waals surface area contributed by atoms with Crippen LogP contribution in [0.25, 0.3) is 0 Å². The summed E-state index contributed by atoms with van der Waals surface area (Å²) in [6.07, 6.45) is 3.87. The van der Waals surface area contributed by atoms with Gasteiger partial charge in [0.15, 0.2) is 0 Å². The second-order valence-corrected chi connectivity index (χ2v) is 6.41. The van der Waals surface area contributed by atoms with Gasteiger partial charge in [-0.05, 0) is 24.1 Å². The van der Waals surface area contributed by atoms with Crippen LogP contribution >= 0.6 is 27.5 Å². The van der Waals surface area contributed by atoms with Gasteiger partial charge in [-0.3, -0.25) is 0 Å². The molecule has 1 aliphatic heterocycles. The molecule has 6 heteroatoms. The van der Waals surface area contributed by atoms with Crippen molar-refractivity contribution in [2.75, 3.05) is 6.61 Å². The lowest BCUT2D eigenvalue weighted by molar-refractivity contribution is 0.352. The summed E-state index contributed by atoms with van der Waals surface area (Å²) in [7, 11) is 0. The standard InChI is InChI=1S/C14H15BrClN3O/c1-2-12(15)13-8-19(18-17-13)7-10-6-11(16)5-9-3-4-20-14(9)10/h5-6,8,12H,2-4,7H2,1H3. The maximum Gasteiger partial charge on any atom is 0.127 e. The van der Waals surface area contributed by atoms with Gasteiger partial charge in [0.25, 0.3) is 0 Å². The molecule has 0 saturated carbocycles. The summed E-state index contributed by atoms with van der Waals surface area (Å²) in [4.78, 5) is 0.248. The second-order valence-electron chi connectivity index (χ2n) is 4.87. The van der Waals surface area contributed by atoms with Crippen molar-refractivity contribution in [3.63, 3.8) is 0 Å². The van der Waals surface area contributed by atoms with E-state index in [0.717, 1.165) is 41.5 Å². The fraction of sp³-hybridized carbons (Fsp3) is 0.429. The zero-order chi connectivity index (χ0) is 14.1. The lowest BCUT2D eigenvalue weighted by atomic mass is 10.1. The van der Waals surface area contributed by atoms with Crippen LogP contribution in [0.3, 0.4) is 0 Å². The van der Waals surface area contributed by atoms with Gasteiger partial charge in [-0.15, -0.1) is 5.10 Å². The van der Waals surface area contributed by atoms with E-state index in [1.54, 1.807) is 0 Å². The molecule has 0 N–H and O–H groups in total. The second kappa shape index (κ2) is 5.74. The number of aromatic nitrogens is 3. The Kier molecular flexibility index (Phi) is 3.98. The van der Waals surface area contributed by atoms with E-state index >= 15 is 0 Å². The zero-order valence-corrected chi connectivity index (χ0v) is 13.5. The van der Waals surface area contributed by atoms with Gasteiger partial charge in [0.2, 0.25) is 0 Å². The van der Waals surface area contributed by atoms with Gasteiger partial charge >= 0.3 is 0 Å². The van der Waals surface area contributed by atoms with Crippen LogP contribution in [0, 0.1) is 0 Å². The Morgan fingerprint density at radius 2 is 2.35 bits per heavy atom. The normalized spacial score (nSPS) is 14.9. The van der Waals surface area contributed by atoms with E-state index in [9.17, 15) is 0 Å². The van der Waals surface area contributed by atoms with Crippen molar-refractivity contribution < 1.29 is 4.74 Å². The first-order valence-corrected chi connectivity index (χ1v) is 7.95. The molecular weight excluding hydrogens is 342 g/mol. The van der Waals surface area contributed by atoms with E-state index in [0.29, 0.717) is 6.54 Å². The third-order valence-electron chi connectivity index (χ3n) is 3.39. The Balaban J connectivity index is 1.86. The first kappa shape index (κ1) is 13.9. The van der Waals surface area contributed by atoms with Crippen LogP contribution < -0.4 is 4.74 Å². The number of benzene rings is 1. The molecular formula is C14H15BrClN3O. The van der Waals surface area contributed by atoms with Crippen LogP contribution in [0.1, 0.15) is 35.0 Å². The quantitative estimate of drug-likeness (QED) is 0.783. The molecule has 1 atom stereocenters. The van der Waals surface area contributed by atoms with Crippen LogP contribution in [0.2, 0.25) is 5.02 Å². The van der Waals surface area contributed by atoms with Crippen LogP contribution in [0.15, 0.2) is 18.3 Å². The smallest absolute Gasteiger partial charge is 0.127 e. The predicted molar refractivity (Wildman–Crippen MR) is 81.7 cm³/mol. The van der Waals surface area contributed by atoms with E-state index in [4.69, 9.17) is 16.3 Å². The molecule has 0 aliphatic carbocycles. The van der Waals surface area contributed by atoms with Crippen molar-refractivity contribution in [1.29, 1.82) is 0 Å². The Hall–Kier alpha value is -1.07. The Morgan fingerprint density at radius 1 is 1.50 bits per heavy atom. The molecule has 0 fully saturated rings. The van der Waals surface area contributed by atoms with E-state index in [-0.39, 0.29) is 4.83 Å². The predicted octanol–water partition coefficient (Wildman–Crippen LogP) is 3.76. The molecule has 0 radical (unpaired) electrons. The summed E-state index contributed by atoms with van der Waals surface area (Å²) in [6.45, 7) is 3.46. The number of ether oxygens (including phenoxy) is 1. The molecule has 2 heterocycles. The minimum atomic E-state index is 0.248. The monoisotopic (exact) mass is 355 g/mol. The number of rotatable bonds is 4. The highest BCUT2D eigenvalue weighted by Gasteiger charge is 2.18. The Bertz CT molecular complexity index is 629. The largest absolute Gasteiger partial charge is 0.493 e. The highest BCUT2D eigenvalue weighted by atomic mass is 79.9. The molecule has 3 rings (SSSR count). The molecule has 20 heavy (non-hydrogen) atoms. The minimum Gasteiger partial charge on any atom is -0.493 e. The summed E-state index contributed by atoms with van der Waals surface area (Å²) in [5, 5.41) is 9.11. The van der Waals surface area contributed by atoms with Gasteiger partial charge in [0.05, 0.1) is 23.7 Å². The zero-order valence-electron chi connectivity index (χ0n) is 11.1. The van der Waals surface area contributed by atoms with Crippen LogP contribution in [-0.4, -0.2) is 21.6 Å². The minimum absolute atomic E-state index is 0.248. The van der Waals surface area contributed by atoms with Crippen molar-refractivity contribution in [2.24, 2.45) is 0 Å². The molecule has 0 spiro atoms. The summed E-state index contributed by atoms with van der Waals surface area (Å²) in [6, 6.07) is 3.92. The lowest BCUT2D eigenvalue weighted by Gasteiger charge is -2.08. The average molecular weight is 357 g/mol. The number of alkyl halides is 1. The third-order valence-corrected chi connectivity index (χ3v) is 4.73. The molecule has 1 aromatic heterocycles. The molecule has 1 aromatic carbocycles. The molecule has 0 amide bonds. The first-order chi connectivity index (χ1) is 9.67. The summed E-state index contributed by atoms with van der Waals surface area (Å²) >= 11 is 9.75. The van der Waals surface area contributed by atoms with E-state index in [2.05, 4.69) is 33.2 Å². The molecule has 106 valence electrons. The third kappa shape index (κ3) is 2.69. The first-order valence-electron chi connectivity index (χ1n) is 6.65. The van der Waals surface area contributed by atoms with Gasteiger partial charge in [0, 0.05) is 23.2 Å². The molecule has 2 aromatic rings. The molecule has 1 unspecified atom stereocenters. The SMILES string of the molecule is CCC(Br)c1cn(Cc2cc(Cl)cc3c2OCC3)nn1. The van der Waals surface area contributed by atoms with Crippen molar-refractivity contribution in [3.8, 4) is 5.75 Å². The highest BCUT2D eigenvalue weighted by Crippen LogP contribution is 2.33. The average Bonchev–Trinajstić information content (AvgIpc) is 3.06. The number of nitrogens with zero attached hydrogens (tertiary/aromatic N) is 3. The van der Waals surface area contributed by atoms with Crippen LogP contribution in [0.4, 0.5) is 0 Å². The number of hydrogen-bond acceptors (Lipinski definition) is 3. The van der Waals surface area contributed by atoms with E-state index in [1.807, 2.05) is 23.0 Å². The van der Waals surface area contributed by atoms with Crippen LogP contribution in [0.5, 0.6) is 5.75 Å². The fourth-order valence-corrected chi connectivity index (χ4v) is 2.85. The summed E-state index contributed by atoms with van der Waals surface area (Å²) < 4.78 is 7.53.